The Balaban J connectivity index is 1.53. The molecule has 0 bridgehead atoms. The molecular formula is C30H26O10. The molecule has 0 aromatic heterocycles. The number of para-hydroxylation sites is 1. The summed E-state index contributed by atoms with van der Waals surface area (Å²) in [5.74, 6) is -2.51. The average Bonchev–Trinajstić information content (AvgIpc) is 2.92. The van der Waals surface area contributed by atoms with Crippen LogP contribution in [0, 0.1) is 0 Å². The lowest BCUT2D eigenvalue weighted by Gasteiger charge is -2.41. The Kier molecular flexibility index (Phi) is 6.01. The highest BCUT2D eigenvalue weighted by Crippen LogP contribution is 2.55. The van der Waals surface area contributed by atoms with Crippen LogP contribution in [0.3, 0.4) is 0 Å². The summed E-state index contributed by atoms with van der Waals surface area (Å²) in [4.78, 5) is 0. The molecule has 10 nitrogen and oxygen atoms in total. The van der Waals surface area contributed by atoms with E-state index >= 15 is 0 Å². The normalized spacial score (nSPS) is 23.4. The summed E-state index contributed by atoms with van der Waals surface area (Å²) in [6.07, 6.45) is -4.41. The van der Waals surface area contributed by atoms with Crippen molar-refractivity contribution in [2.45, 2.75) is 36.8 Å². The van der Waals surface area contributed by atoms with E-state index in [4.69, 9.17) is 9.47 Å². The average molecular weight is 547 g/mol. The van der Waals surface area contributed by atoms with E-state index in [-0.39, 0.29) is 52.0 Å². The van der Waals surface area contributed by atoms with Crippen molar-refractivity contribution in [3.63, 3.8) is 0 Å². The maximum atomic E-state index is 11.7. The van der Waals surface area contributed by atoms with Crippen LogP contribution in [0.2, 0.25) is 0 Å². The molecule has 0 radical (unpaired) electrons. The predicted octanol–water partition coefficient (Wildman–Crippen LogP) is 3.58. The van der Waals surface area contributed by atoms with E-state index in [9.17, 15) is 40.9 Å². The molecule has 5 unspecified atom stereocenters. The highest BCUT2D eigenvalue weighted by atomic mass is 16.5. The zero-order chi connectivity index (χ0) is 28.3. The molecule has 2 aliphatic heterocycles. The highest BCUT2D eigenvalue weighted by Gasteiger charge is 2.45. The summed E-state index contributed by atoms with van der Waals surface area (Å²) >= 11 is 0. The molecule has 4 aromatic rings. The molecular weight excluding hydrogens is 520 g/mol. The number of aliphatic hydroxyl groups excluding tert-OH is 2. The highest BCUT2D eigenvalue weighted by molar-refractivity contribution is 5.61. The second kappa shape index (κ2) is 9.44. The van der Waals surface area contributed by atoms with E-state index in [1.54, 1.807) is 12.1 Å². The summed E-state index contributed by atoms with van der Waals surface area (Å²) in [5.41, 5.74) is 1.72. The van der Waals surface area contributed by atoms with Gasteiger partial charge in [-0.05, 0) is 41.5 Å². The van der Waals surface area contributed by atoms with Gasteiger partial charge in [-0.3, -0.25) is 0 Å². The smallest absolute Gasteiger partial charge is 0.164 e. The lowest BCUT2D eigenvalue weighted by Crippen LogP contribution is -2.37. The van der Waals surface area contributed by atoms with Gasteiger partial charge in [-0.15, -0.1) is 0 Å². The molecule has 0 saturated heterocycles. The van der Waals surface area contributed by atoms with Crippen molar-refractivity contribution in [2.75, 3.05) is 0 Å². The summed E-state index contributed by atoms with van der Waals surface area (Å²) in [6, 6.07) is 15.7. The quantitative estimate of drug-likeness (QED) is 0.177. The second-order valence-corrected chi connectivity index (χ2v) is 9.99. The first-order valence-corrected chi connectivity index (χ1v) is 12.5. The summed E-state index contributed by atoms with van der Waals surface area (Å²) in [5, 5.41) is 83.9. The Morgan fingerprint density at radius 3 is 2.20 bits per heavy atom. The summed E-state index contributed by atoms with van der Waals surface area (Å²) in [7, 11) is 0. The number of hydrogen-bond acceptors (Lipinski definition) is 10. The maximum absolute atomic E-state index is 11.7. The third-order valence-corrected chi connectivity index (χ3v) is 7.51. The molecule has 0 saturated carbocycles. The fraction of sp³-hybridized carbons (Fsp3) is 0.200. The number of aromatic hydroxyl groups is 6. The largest absolute Gasteiger partial charge is 0.508 e. The Morgan fingerprint density at radius 2 is 1.45 bits per heavy atom. The Labute approximate surface area is 227 Å². The van der Waals surface area contributed by atoms with Gasteiger partial charge >= 0.3 is 0 Å². The summed E-state index contributed by atoms with van der Waals surface area (Å²) in [6.45, 7) is 0. The minimum absolute atomic E-state index is 0.118. The zero-order valence-electron chi connectivity index (χ0n) is 20.8. The third kappa shape index (κ3) is 4.05. The monoisotopic (exact) mass is 546 g/mol. The molecule has 5 atom stereocenters. The SMILES string of the molecule is Oc1ccc(C2c3c(ccc4c3OC(c3ccc(O)c(O)c3)C(O)C4)OC(c3cccc(O)c3O)C2O)c(O)c1. The number of phenolic OH excluding ortho intramolecular Hbond substituents is 6. The number of ether oxygens (including phenoxy) is 2. The number of phenols is 6. The lowest BCUT2D eigenvalue weighted by molar-refractivity contribution is -0.00260. The van der Waals surface area contributed by atoms with Crippen molar-refractivity contribution < 1.29 is 50.3 Å². The van der Waals surface area contributed by atoms with Gasteiger partial charge in [-0.1, -0.05) is 30.3 Å². The first-order valence-electron chi connectivity index (χ1n) is 12.5. The maximum Gasteiger partial charge on any atom is 0.164 e. The molecule has 6 rings (SSSR count). The molecule has 0 fully saturated rings. The third-order valence-electron chi connectivity index (χ3n) is 7.51. The predicted molar refractivity (Wildman–Crippen MR) is 140 cm³/mol. The van der Waals surface area contributed by atoms with Gasteiger partial charge in [0.15, 0.2) is 29.1 Å². The van der Waals surface area contributed by atoms with Gasteiger partial charge in [0, 0.05) is 35.1 Å². The van der Waals surface area contributed by atoms with E-state index in [1.165, 1.54) is 48.5 Å². The standard InChI is InChI=1S/C30H26O10/c31-15-6-7-16(20(34)12-15)24-25-23(39-30(27(24)38)17-2-1-3-19(33)26(17)37)9-5-14-11-22(36)28(40-29(14)25)13-4-8-18(32)21(35)10-13/h1-10,12,22,24,27-28,30-38H,11H2. The van der Waals surface area contributed by atoms with Crippen molar-refractivity contribution in [1.29, 1.82) is 0 Å². The summed E-state index contributed by atoms with van der Waals surface area (Å²) < 4.78 is 12.5. The van der Waals surface area contributed by atoms with Crippen molar-refractivity contribution in [1.82, 2.24) is 0 Å². The molecule has 8 N–H and O–H groups in total. The van der Waals surface area contributed by atoms with Crippen molar-refractivity contribution in [2.24, 2.45) is 0 Å². The fourth-order valence-corrected chi connectivity index (χ4v) is 5.58. The number of aliphatic hydroxyl groups is 2. The minimum Gasteiger partial charge on any atom is -0.508 e. The number of benzene rings is 4. The van der Waals surface area contributed by atoms with Crippen LogP contribution in [0.4, 0.5) is 0 Å². The first-order chi connectivity index (χ1) is 19.1. The molecule has 0 spiro atoms. The van der Waals surface area contributed by atoms with Gasteiger partial charge in [-0.25, -0.2) is 0 Å². The van der Waals surface area contributed by atoms with Gasteiger partial charge in [0.2, 0.25) is 0 Å². The second-order valence-electron chi connectivity index (χ2n) is 9.99. The van der Waals surface area contributed by atoms with E-state index in [2.05, 4.69) is 0 Å². The number of hydrogen-bond donors (Lipinski definition) is 8. The molecule has 10 heteroatoms. The fourth-order valence-electron chi connectivity index (χ4n) is 5.58. The van der Waals surface area contributed by atoms with E-state index in [0.717, 1.165) is 6.07 Å². The van der Waals surface area contributed by atoms with Crippen LogP contribution >= 0.6 is 0 Å². The van der Waals surface area contributed by atoms with Crippen LogP contribution in [0.15, 0.2) is 66.7 Å². The lowest BCUT2D eigenvalue weighted by atomic mass is 9.77. The van der Waals surface area contributed by atoms with Crippen molar-refractivity contribution in [3.8, 4) is 46.0 Å². The van der Waals surface area contributed by atoms with Gasteiger partial charge in [0.1, 0.15) is 35.2 Å². The number of rotatable bonds is 3. The van der Waals surface area contributed by atoms with Crippen LogP contribution in [0.25, 0.3) is 0 Å². The molecule has 206 valence electrons. The van der Waals surface area contributed by atoms with E-state index < -0.39 is 41.8 Å². The van der Waals surface area contributed by atoms with Crippen LogP contribution < -0.4 is 9.47 Å². The van der Waals surface area contributed by atoms with Crippen molar-refractivity contribution >= 4 is 0 Å². The molecule has 40 heavy (non-hydrogen) atoms. The Hall–Kier alpha value is -4.80. The van der Waals surface area contributed by atoms with Crippen LogP contribution in [0.1, 0.15) is 45.9 Å². The van der Waals surface area contributed by atoms with Crippen LogP contribution in [-0.4, -0.2) is 53.1 Å². The van der Waals surface area contributed by atoms with Gasteiger partial charge in [-0.2, -0.15) is 0 Å². The van der Waals surface area contributed by atoms with Gasteiger partial charge in [0.25, 0.3) is 0 Å². The van der Waals surface area contributed by atoms with E-state index in [0.29, 0.717) is 16.7 Å². The topological polar surface area (TPSA) is 180 Å². The minimum atomic E-state index is -1.42. The van der Waals surface area contributed by atoms with Gasteiger partial charge in [0.05, 0.1) is 6.10 Å². The molecule has 2 aliphatic rings. The van der Waals surface area contributed by atoms with E-state index in [1.807, 2.05) is 0 Å². The molecule has 0 amide bonds. The van der Waals surface area contributed by atoms with Crippen LogP contribution in [-0.2, 0) is 6.42 Å². The Bertz CT molecular complexity index is 1620. The number of fused-ring (bicyclic) bond motifs is 3. The first kappa shape index (κ1) is 25.5. The Morgan fingerprint density at radius 1 is 0.650 bits per heavy atom. The van der Waals surface area contributed by atoms with Crippen molar-refractivity contribution in [3.05, 3.63) is 94.5 Å². The van der Waals surface area contributed by atoms with Gasteiger partial charge < -0.3 is 50.3 Å². The molecule has 0 aliphatic carbocycles. The molecule has 2 heterocycles. The zero-order valence-corrected chi connectivity index (χ0v) is 20.8. The molecule has 4 aromatic carbocycles. The van der Waals surface area contributed by atoms with Crippen LogP contribution in [0.5, 0.6) is 46.0 Å².